The van der Waals surface area contributed by atoms with Crippen molar-refractivity contribution in [1.29, 1.82) is 0 Å². The molecule has 1 saturated heterocycles. The fraction of sp³-hybridized carbons (Fsp3) is 0.435. The Morgan fingerprint density at radius 1 is 1.10 bits per heavy atom. The molecule has 0 saturated carbocycles. The molecule has 0 bridgehead atoms. The Bertz CT molecular complexity index is 997. The van der Waals surface area contributed by atoms with E-state index in [1.165, 1.54) is 9.87 Å². The Morgan fingerprint density at radius 3 is 2.23 bits per heavy atom. The number of carbonyl (C=O) groups is 1. The van der Waals surface area contributed by atoms with Crippen LogP contribution < -0.4 is 5.32 Å². The van der Waals surface area contributed by atoms with Gasteiger partial charge < -0.3 is 5.32 Å². The first-order valence-electron chi connectivity index (χ1n) is 10.5. The van der Waals surface area contributed by atoms with E-state index in [0.717, 1.165) is 12.0 Å². The van der Waals surface area contributed by atoms with Crippen molar-refractivity contribution in [3.05, 3.63) is 69.2 Å². The molecule has 1 aliphatic rings. The predicted octanol–water partition coefficient (Wildman–Crippen LogP) is 4.98. The molecule has 0 aromatic heterocycles. The van der Waals surface area contributed by atoms with E-state index in [1.807, 2.05) is 19.1 Å². The summed E-state index contributed by atoms with van der Waals surface area (Å²) in [5.41, 5.74) is 2.73. The quantitative estimate of drug-likeness (QED) is 0.605. The third kappa shape index (κ3) is 6.01. The second kappa shape index (κ2) is 10.3. The van der Waals surface area contributed by atoms with Crippen molar-refractivity contribution in [1.82, 2.24) is 9.62 Å². The molecule has 0 unspecified atom stereocenters. The number of rotatable bonds is 7. The zero-order valence-corrected chi connectivity index (χ0v) is 20.1. The summed E-state index contributed by atoms with van der Waals surface area (Å²) in [6.45, 7) is 4.69. The highest BCUT2D eigenvalue weighted by Crippen LogP contribution is 2.29. The number of sulfonamides is 1. The van der Waals surface area contributed by atoms with Crippen molar-refractivity contribution in [3.63, 3.8) is 0 Å². The van der Waals surface area contributed by atoms with Gasteiger partial charge >= 0.3 is 0 Å². The van der Waals surface area contributed by atoms with E-state index < -0.39 is 10.0 Å². The number of carbonyl (C=O) groups excluding carboxylic acids is 1. The Morgan fingerprint density at radius 2 is 1.68 bits per heavy atom. The van der Waals surface area contributed by atoms with Gasteiger partial charge in [-0.3, -0.25) is 4.79 Å². The highest BCUT2D eigenvalue weighted by Gasteiger charge is 2.32. The van der Waals surface area contributed by atoms with Gasteiger partial charge in [0, 0.05) is 34.6 Å². The number of nitrogens with zero attached hydrogens (tertiary/aromatic N) is 1. The third-order valence-electron chi connectivity index (χ3n) is 5.85. The summed E-state index contributed by atoms with van der Waals surface area (Å²) in [6, 6.07) is 13.1. The minimum absolute atomic E-state index is 0.0294. The van der Waals surface area contributed by atoms with E-state index in [-0.39, 0.29) is 23.6 Å². The number of aryl methyl sites for hydroxylation is 1. The lowest BCUT2D eigenvalue weighted by Crippen LogP contribution is -2.43. The van der Waals surface area contributed by atoms with Crippen molar-refractivity contribution in [2.75, 3.05) is 13.1 Å². The molecular formula is C23H28Cl2N2O3S. The number of hydrogen-bond acceptors (Lipinski definition) is 3. The summed E-state index contributed by atoms with van der Waals surface area (Å²) in [4.78, 5) is 12.7. The average molecular weight is 483 g/mol. The Kier molecular flexibility index (Phi) is 8.03. The molecule has 168 valence electrons. The van der Waals surface area contributed by atoms with Gasteiger partial charge in [0.25, 0.3) is 0 Å². The highest BCUT2D eigenvalue weighted by molar-refractivity contribution is 7.88. The van der Waals surface area contributed by atoms with Gasteiger partial charge in [-0.2, -0.15) is 0 Å². The van der Waals surface area contributed by atoms with Crippen LogP contribution in [0.4, 0.5) is 0 Å². The van der Waals surface area contributed by atoms with E-state index in [9.17, 15) is 13.2 Å². The van der Waals surface area contributed by atoms with Crippen molar-refractivity contribution in [2.24, 2.45) is 5.92 Å². The van der Waals surface area contributed by atoms with Crippen LogP contribution in [0.1, 0.15) is 49.4 Å². The molecule has 5 nitrogen and oxygen atoms in total. The number of benzene rings is 2. The average Bonchev–Trinajstić information content (AvgIpc) is 2.76. The van der Waals surface area contributed by atoms with Gasteiger partial charge in [0.05, 0.1) is 11.8 Å². The van der Waals surface area contributed by atoms with Crippen molar-refractivity contribution < 1.29 is 13.2 Å². The summed E-state index contributed by atoms with van der Waals surface area (Å²) in [5, 5.41) is 3.75. The summed E-state index contributed by atoms with van der Waals surface area (Å²) in [5.74, 6) is -0.473. The molecule has 1 heterocycles. The topological polar surface area (TPSA) is 66.5 Å². The van der Waals surface area contributed by atoms with Gasteiger partial charge in [0.15, 0.2) is 0 Å². The lowest BCUT2D eigenvalue weighted by molar-refractivity contribution is -0.126. The van der Waals surface area contributed by atoms with Gasteiger partial charge in [-0.05, 0) is 49.4 Å². The van der Waals surface area contributed by atoms with Gasteiger partial charge in [0.1, 0.15) is 0 Å². The second-order valence-corrected chi connectivity index (χ2v) is 10.7. The number of hydrogen-bond donors (Lipinski definition) is 1. The maximum atomic E-state index is 12.9. The van der Waals surface area contributed by atoms with Crippen LogP contribution in [0.15, 0.2) is 42.5 Å². The maximum Gasteiger partial charge on any atom is 0.223 e. The molecule has 1 aliphatic heterocycles. The first-order valence-corrected chi connectivity index (χ1v) is 12.9. The Balaban J connectivity index is 1.56. The first kappa shape index (κ1) is 24.1. The van der Waals surface area contributed by atoms with Crippen LogP contribution in [0, 0.1) is 5.92 Å². The monoisotopic (exact) mass is 482 g/mol. The van der Waals surface area contributed by atoms with Crippen molar-refractivity contribution in [2.45, 2.75) is 44.9 Å². The summed E-state index contributed by atoms with van der Waals surface area (Å²) in [7, 11) is -3.57. The Hall–Kier alpha value is -1.60. The van der Waals surface area contributed by atoms with E-state index >= 15 is 0 Å². The number of halogens is 2. The Labute approximate surface area is 194 Å². The smallest absolute Gasteiger partial charge is 0.223 e. The highest BCUT2D eigenvalue weighted by atomic mass is 35.5. The summed E-state index contributed by atoms with van der Waals surface area (Å²) in [6.07, 6.45) is 1.96. The largest absolute Gasteiger partial charge is 0.349 e. The molecular weight excluding hydrogens is 455 g/mol. The molecule has 0 aliphatic carbocycles. The lowest BCUT2D eigenvalue weighted by atomic mass is 9.96. The van der Waals surface area contributed by atoms with Crippen molar-refractivity contribution >= 4 is 39.1 Å². The minimum Gasteiger partial charge on any atom is -0.349 e. The van der Waals surface area contributed by atoms with E-state index in [4.69, 9.17) is 23.2 Å². The molecule has 1 N–H and O–H groups in total. The fourth-order valence-corrected chi connectivity index (χ4v) is 6.11. The molecule has 1 atom stereocenters. The van der Waals surface area contributed by atoms with E-state index in [2.05, 4.69) is 24.4 Å². The van der Waals surface area contributed by atoms with Gasteiger partial charge in [0.2, 0.25) is 15.9 Å². The zero-order chi connectivity index (χ0) is 22.6. The summed E-state index contributed by atoms with van der Waals surface area (Å²) >= 11 is 12.3. The fourth-order valence-electron chi connectivity index (χ4n) is 3.80. The molecule has 31 heavy (non-hydrogen) atoms. The molecule has 2 aromatic rings. The molecule has 1 fully saturated rings. The van der Waals surface area contributed by atoms with Crippen LogP contribution in [0.3, 0.4) is 0 Å². The van der Waals surface area contributed by atoms with E-state index in [1.54, 1.807) is 18.2 Å². The van der Waals surface area contributed by atoms with Crippen LogP contribution in [0.5, 0.6) is 0 Å². The van der Waals surface area contributed by atoms with Gasteiger partial charge in [-0.15, -0.1) is 0 Å². The number of amides is 1. The zero-order valence-electron chi connectivity index (χ0n) is 17.8. The van der Waals surface area contributed by atoms with E-state index in [0.29, 0.717) is 41.5 Å². The number of piperidine rings is 1. The maximum absolute atomic E-state index is 12.9. The normalized spacial score (nSPS) is 16.8. The molecule has 8 heteroatoms. The first-order chi connectivity index (χ1) is 14.7. The van der Waals surface area contributed by atoms with Crippen LogP contribution in [-0.2, 0) is 27.0 Å². The molecule has 1 amide bonds. The predicted molar refractivity (Wildman–Crippen MR) is 126 cm³/mol. The SMILES string of the molecule is CCc1ccc([C@H](C)NC(=O)C2CCN(S(=O)(=O)Cc3c(Cl)cccc3Cl)CC2)cc1. The lowest BCUT2D eigenvalue weighted by Gasteiger charge is -2.31. The minimum atomic E-state index is -3.57. The van der Waals surface area contributed by atoms with Crippen molar-refractivity contribution in [3.8, 4) is 0 Å². The van der Waals surface area contributed by atoms with Crippen LogP contribution in [0.2, 0.25) is 10.0 Å². The van der Waals surface area contributed by atoms with Crippen LogP contribution in [-0.4, -0.2) is 31.7 Å². The molecule has 0 radical (unpaired) electrons. The van der Waals surface area contributed by atoms with Crippen LogP contribution >= 0.6 is 23.2 Å². The third-order valence-corrected chi connectivity index (χ3v) is 8.37. The van der Waals surface area contributed by atoms with Gasteiger partial charge in [-0.25, -0.2) is 12.7 Å². The molecule has 0 spiro atoms. The van der Waals surface area contributed by atoms with Gasteiger partial charge in [-0.1, -0.05) is 60.5 Å². The van der Waals surface area contributed by atoms with Crippen LogP contribution in [0.25, 0.3) is 0 Å². The second-order valence-electron chi connectivity index (χ2n) is 7.96. The summed E-state index contributed by atoms with van der Waals surface area (Å²) < 4.78 is 27.2. The molecule has 3 rings (SSSR count). The number of nitrogens with one attached hydrogen (secondary N) is 1. The standard InChI is InChI=1S/C23H28Cl2N2O3S/c1-3-17-7-9-18(10-8-17)16(2)26-23(28)19-11-13-27(14-12-19)31(29,30)15-20-21(24)5-4-6-22(20)25/h4-10,16,19H,3,11-15H2,1-2H3,(H,26,28)/t16-/m0/s1. The molecule has 2 aromatic carbocycles.